The molecular formula is C15H13NO2S. The summed E-state index contributed by atoms with van der Waals surface area (Å²) in [7, 11) is 0. The van der Waals surface area contributed by atoms with Gasteiger partial charge in [0, 0.05) is 16.9 Å². The standard InChI is InChI=1S/C15H13NO2S/c1-2-18-15(17)10-6-9-14-16-13(11-19-14)12-7-4-3-5-8-12/h3-5,7-8,11H,2,9H2,1H3. The van der Waals surface area contributed by atoms with E-state index in [-0.39, 0.29) is 0 Å². The number of nitrogens with zero attached hydrogens (tertiary/aromatic N) is 1. The Balaban J connectivity index is 2.00. The number of hydrogen-bond acceptors (Lipinski definition) is 4. The zero-order valence-electron chi connectivity index (χ0n) is 10.6. The van der Waals surface area contributed by atoms with Crippen LogP contribution < -0.4 is 0 Å². The van der Waals surface area contributed by atoms with Gasteiger partial charge in [0.2, 0.25) is 0 Å². The van der Waals surface area contributed by atoms with Crippen LogP contribution in [0.3, 0.4) is 0 Å². The molecule has 0 bridgehead atoms. The molecule has 2 rings (SSSR count). The van der Waals surface area contributed by atoms with E-state index in [2.05, 4.69) is 16.8 Å². The molecule has 1 aromatic carbocycles. The molecule has 96 valence electrons. The number of thiazole rings is 1. The zero-order valence-corrected chi connectivity index (χ0v) is 11.4. The van der Waals surface area contributed by atoms with Crippen LogP contribution in [0.4, 0.5) is 0 Å². The monoisotopic (exact) mass is 271 g/mol. The molecule has 0 aliphatic carbocycles. The first-order valence-electron chi connectivity index (χ1n) is 5.95. The molecule has 0 unspecified atom stereocenters. The summed E-state index contributed by atoms with van der Waals surface area (Å²) < 4.78 is 4.72. The third-order valence-corrected chi connectivity index (χ3v) is 3.18. The first kappa shape index (κ1) is 13.3. The van der Waals surface area contributed by atoms with Gasteiger partial charge in [0.1, 0.15) is 5.01 Å². The highest BCUT2D eigenvalue weighted by molar-refractivity contribution is 7.10. The molecule has 2 aromatic rings. The summed E-state index contributed by atoms with van der Waals surface area (Å²) in [5.74, 6) is 4.73. The molecule has 1 aromatic heterocycles. The molecule has 0 amide bonds. The molecule has 0 N–H and O–H groups in total. The third-order valence-electron chi connectivity index (χ3n) is 2.33. The first-order valence-corrected chi connectivity index (χ1v) is 6.83. The average molecular weight is 271 g/mol. The van der Waals surface area contributed by atoms with Gasteiger partial charge < -0.3 is 4.74 Å². The summed E-state index contributed by atoms with van der Waals surface area (Å²) in [6.45, 7) is 2.11. The van der Waals surface area contributed by atoms with Crippen LogP contribution in [-0.2, 0) is 16.0 Å². The van der Waals surface area contributed by atoms with E-state index in [0.29, 0.717) is 13.0 Å². The number of carbonyl (C=O) groups is 1. The smallest absolute Gasteiger partial charge is 0.384 e. The molecule has 0 radical (unpaired) electrons. The van der Waals surface area contributed by atoms with Crippen molar-refractivity contribution in [2.45, 2.75) is 13.3 Å². The highest BCUT2D eigenvalue weighted by atomic mass is 32.1. The Bertz CT molecular complexity index is 608. The molecule has 0 aliphatic rings. The molecule has 0 aliphatic heterocycles. The van der Waals surface area contributed by atoms with Crippen LogP contribution in [0, 0.1) is 11.8 Å². The second kappa shape index (κ2) is 6.72. The van der Waals surface area contributed by atoms with Crippen LogP contribution in [-0.4, -0.2) is 17.6 Å². The van der Waals surface area contributed by atoms with Crippen LogP contribution in [0.1, 0.15) is 11.9 Å². The van der Waals surface area contributed by atoms with Gasteiger partial charge in [0.05, 0.1) is 18.7 Å². The SMILES string of the molecule is CCOC(=O)C#CCc1nc(-c2ccccc2)cs1. The quantitative estimate of drug-likeness (QED) is 0.489. The van der Waals surface area contributed by atoms with Crippen molar-refractivity contribution in [1.29, 1.82) is 0 Å². The number of rotatable bonds is 3. The fourth-order valence-electron chi connectivity index (χ4n) is 1.49. The summed E-state index contributed by atoms with van der Waals surface area (Å²) in [5, 5.41) is 2.90. The Morgan fingerprint density at radius 3 is 2.89 bits per heavy atom. The van der Waals surface area contributed by atoms with E-state index in [4.69, 9.17) is 4.74 Å². The lowest BCUT2D eigenvalue weighted by molar-refractivity contribution is -0.136. The fourth-order valence-corrected chi connectivity index (χ4v) is 2.24. The predicted octanol–water partition coefficient (Wildman–Crippen LogP) is 2.92. The minimum absolute atomic E-state index is 0.350. The fraction of sp³-hybridized carbons (Fsp3) is 0.200. The summed E-state index contributed by atoms with van der Waals surface area (Å²) in [4.78, 5) is 15.5. The van der Waals surface area contributed by atoms with Crippen molar-refractivity contribution >= 4 is 17.3 Å². The molecule has 0 fully saturated rings. The van der Waals surface area contributed by atoms with Gasteiger partial charge in [0.15, 0.2) is 0 Å². The van der Waals surface area contributed by atoms with E-state index in [9.17, 15) is 4.79 Å². The molecule has 19 heavy (non-hydrogen) atoms. The number of carbonyl (C=O) groups excluding carboxylic acids is 1. The highest BCUT2D eigenvalue weighted by Crippen LogP contribution is 2.21. The molecular weight excluding hydrogens is 258 g/mol. The summed E-state index contributed by atoms with van der Waals surface area (Å²) in [6.07, 6.45) is 0.469. The maximum absolute atomic E-state index is 11.0. The number of aromatic nitrogens is 1. The average Bonchev–Trinajstić information content (AvgIpc) is 2.89. The maximum atomic E-state index is 11.0. The minimum atomic E-state index is -0.484. The van der Waals surface area contributed by atoms with E-state index in [1.54, 1.807) is 18.3 Å². The van der Waals surface area contributed by atoms with E-state index in [0.717, 1.165) is 16.3 Å². The normalized spacial score (nSPS) is 9.53. The van der Waals surface area contributed by atoms with Crippen molar-refractivity contribution in [2.24, 2.45) is 0 Å². The Labute approximate surface area is 116 Å². The van der Waals surface area contributed by atoms with Gasteiger partial charge in [-0.2, -0.15) is 0 Å². The Hall–Kier alpha value is -2.12. The number of hydrogen-bond donors (Lipinski definition) is 0. The van der Waals surface area contributed by atoms with Gasteiger partial charge in [-0.15, -0.1) is 11.3 Å². The Morgan fingerprint density at radius 1 is 1.37 bits per heavy atom. The van der Waals surface area contributed by atoms with Crippen molar-refractivity contribution < 1.29 is 9.53 Å². The van der Waals surface area contributed by atoms with Gasteiger partial charge in [0.25, 0.3) is 0 Å². The van der Waals surface area contributed by atoms with Crippen LogP contribution in [0.15, 0.2) is 35.7 Å². The summed E-state index contributed by atoms with van der Waals surface area (Å²) in [5.41, 5.74) is 2.03. The van der Waals surface area contributed by atoms with E-state index in [1.807, 2.05) is 35.7 Å². The molecule has 0 saturated carbocycles. The van der Waals surface area contributed by atoms with Crippen LogP contribution >= 0.6 is 11.3 Å². The summed E-state index contributed by atoms with van der Waals surface area (Å²) >= 11 is 1.54. The van der Waals surface area contributed by atoms with Gasteiger partial charge in [-0.3, -0.25) is 0 Å². The van der Waals surface area contributed by atoms with Crippen molar-refractivity contribution in [1.82, 2.24) is 4.98 Å². The second-order valence-electron chi connectivity index (χ2n) is 3.69. The zero-order chi connectivity index (χ0) is 13.5. The van der Waals surface area contributed by atoms with Crippen molar-refractivity contribution in [3.63, 3.8) is 0 Å². The van der Waals surface area contributed by atoms with Crippen molar-refractivity contribution in [2.75, 3.05) is 6.61 Å². The number of esters is 1. The molecule has 1 heterocycles. The van der Waals surface area contributed by atoms with E-state index >= 15 is 0 Å². The number of benzene rings is 1. The highest BCUT2D eigenvalue weighted by Gasteiger charge is 2.02. The molecule has 0 saturated heterocycles. The number of ether oxygens (including phenoxy) is 1. The lowest BCUT2D eigenvalue weighted by atomic mass is 10.2. The first-order chi connectivity index (χ1) is 9.29. The van der Waals surface area contributed by atoms with E-state index in [1.165, 1.54) is 0 Å². The van der Waals surface area contributed by atoms with Crippen molar-refractivity contribution in [3.8, 4) is 23.1 Å². The lowest BCUT2D eigenvalue weighted by Crippen LogP contribution is -1.99. The van der Waals surface area contributed by atoms with Crippen LogP contribution in [0.5, 0.6) is 0 Å². The van der Waals surface area contributed by atoms with Gasteiger partial charge in [-0.05, 0) is 6.92 Å². The molecule has 3 nitrogen and oxygen atoms in total. The molecule has 4 heteroatoms. The third kappa shape index (κ3) is 3.94. The maximum Gasteiger partial charge on any atom is 0.384 e. The van der Waals surface area contributed by atoms with Crippen LogP contribution in [0.2, 0.25) is 0 Å². The van der Waals surface area contributed by atoms with Gasteiger partial charge in [-0.25, -0.2) is 9.78 Å². The van der Waals surface area contributed by atoms with Gasteiger partial charge >= 0.3 is 5.97 Å². The predicted molar refractivity (Wildman–Crippen MR) is 75.7 cm³/mol. The van der Waals surface area contributed by atoms with Crippen LogP contribution in [0.25, 0.3) is 11.3 Å². The molecule has 0 atom stereocenters. The van der Waals surface area contributed by atoms with Gasteiger partial charge in [-0.1, -0.05) is 36.3 Å². The lowest BCUT2D eigenvalue weighted by Gasteiger charge is -1.93. The van der Waals surface area contributed by atoms with E-state index < -0.39 is 5.97 Å². The minimum Gasteiger partial charge on any atom is -0.456 e. The van der Waals surface area contributed by atoms with Crippen molar-refractivity contribution in [3.05, 3.63) is 40.7 Å². The topological polar surface area (TPSA) is 39.2 Å². The Kier molecular flexibility index (Phi) is 4.71. The summed E-state index contributed by atoms with van der Waals surface area (Å²) in [6, 6.07) is 9.97. The second-order valence-corrected chi connectivity index (χ2v) is 4.63. The molecule has 0 spiro atoms. The Morgan fingerprint density at radius 2 is 2.16 bits per heavy atom. The largest absolute Gasteiger partial charge is 0.456 e.